The number of nitrogens with two attached hydrogens (primary N) is 1. The minimum Gasteiger partial charge on any atom is -0.327 e. The first-order valence-corrected chi connectivity index (χ1v) is 7.69. The van der Waals surface area contributed by atoms with E-state index >= 15 is 0 Å². The van der Waals surface area contributed by atoms with Crippen molar-refractivity contribution < 1.29 is 0 Å². The van der Waals surface area contributed by atoms with Crippen molar-refractivity contribution in [3.05, 3.63) is 21.8 Å². The van der Waals surface area contributed by atoms with E-state index in [1.165, 1.54) is 11.3 Å². The monoisotopic (exact) mass is 278 g/mol. The zero-order valence-corrected chi connectivity index (χ0v) is 12.9. The van der Waals surface area contributed by atoms with Crippen molar-refractivity contribution in [2.45, 2.75) is 53.1 Å². The molecular weight excluding hydrogens is 256 g/mol. The molecule has 0 aliphatic rings. The Hall–Kier alpha value is -1.20. The molecule has 104 valence electrons. The molecule has 19 heavy (non-hydrogen) atoms. The lowest BCUT2D eigenvalue weighted by atomic mass is 10.1. The highest BCUT2D eigenvalue weighted by atomic mass is 32.1. The second-order valence-electron chi connectivity index (χ2n) is 4.86. The summed E-state index contributed by atoms with van der Waals surface area (Å²) >= 11 is 1.69. The van der Waals surface area contributed by atoms with Gasteiger partial charge in [0.1, 0.15) is 0 Å². The van der Waals surface area contributed by atoms with Gasteiger partial charge in [-0.25, -0.2) is 4.98 Å². The van der Waals surface area contributed by atoms with Crippen molar-refractivity contribution in [1.82, 2.24) is 14.8 Å². The lowest BCUT2D eigenvalue weighted by molar-refractivity contribution is 0.634. The SMILES string of the molecule is CCC(N)Cc1nc(-c2c(C)nn(CC)c2C)cs1. The van der Waals surface area contributed by atoms with Gasteiger partial charge in [0, 0.05) is 35.6 Å². The van der Waals surface area contributed by atoms with Crippen LogP contribution < -0.4 is 5.73 Å². The fraction of sp³-hybridized carbons (Fsp3) is 0.571. The average molecular weight is 278 g/mol. The Bertz CT molecular complexity index is 556. The molecule has 0 saturated carbocycles. The van der Waals surface area contributed by atoms with Crippen molar-refractivity contribution in [3.63, 3.8) is 0 Å². The number of thiazole rings is 1. The van der Waals surface area contributed by atoms with Crippen LogP contribution in [-0.4, -0.2) is 20.8 Å². The van der Waals surface area contributed by atoms with Gasteiger partial charge in [-0.3, -0.25) is 4.68 Å². The first-order chi connectivity index (χ1) is 9.06. The third kappa shape index (κ3) is 2.87. The van der Waals surface area contributed by atoms with Gasteiger partial charge in [-0.05, 0) is 27.2 Å². The van der Waals surface area contributed by atoms with Crippen LogP contribution in [0.25, 0.3) is 11.3 Å². The molecule has 5 heteroatoms. The molecule has 0 aliphatic heterocycles. The molecule has 2 rings (SSSR count). The first kappa shape index (κ1) is 14.2. The zero-order chi connectivity index (χ0) is 14.0. The van der Waals surface area contributed by atoms with E-state index < -0.39 is 0 Å². The molecule has 2 aromatic heterocycles. The fourth-order valence-electron chi connectivity index (χ4n) is 2.26. The number of aromatic nitrogens is 3. The topological polar surface area (TPSA) is 56.7 Å². The predicted octanol–water partition coefficient (Wildman–Crippen LogP) is 2.92. The van der Waals surface area contributed by atoms with Gasteiger partial charge in [0.25, 0.3) is 0 Å². The van der Waals surface area contributed by atoms with E-state index in [2.05, 4.69) is 31.2 Å². The van der Waals surface area contributed by atoms with E-state index in [1.807, 2.05) is 11.6 Å². The largest absolute Gasteiger partial charge is 0.327 e. The summed E-state index contributed by atoms with van der Waals surface area (Å²) in [5.74, 6) is 0. The van der Waals surface area contributed by atoms with Crippen molar-refractivity contribution in [2.24, 2.45) is 5.73 Å². The molecule has 0 aromatic carbocycles. The average Bonchev–Trinajstić information content (AvgIpc) is 2.94. The van der Waals surface area contributed by atoms with E-state index in [1.54, 1.807) is 11.3 Å². The highest BCUT2D eigenvalue weighted by Gasteiger charge is 2.16. The van der Waals surface area contributed by atoms with Gasteiger partial charge < -0.3 is 5.73 Å². The summed E-state index contributed by atoms with van der Waals surface area (Å²) in [6, 6.07) is 0.208. The first-order valence-electron chi connectivity index (χ1n) is 6.81. The molecule has 0 aliphatic carbocycles. The molecule has 4 nitrogen and oxygen atoms in total. The zero-order valence-electron chi connectivity index (χ0n) is 12.1. The normalized spacial score (nSPS) is 12.9. The van der Waals surface area contributed by atoms with Crippen LogP contribution in [0.3, 0.4) is 0 Å². The lowest BCUT2D eigenvalue weighted by Gasteiger charge is -2.04. The summed E-state index contributed by atoms with van der Waals surface area (Å²) in [7, 11) is 0. The van der Waals surface area contributed by atoms with Crippen LogP contribution in [0.15, 0.2) is 5.38 Å². The maximum Gasteiger partial charge on any atom is 0.0948 e. The predicted molar refractivity (Wildman–Crippen MR) is 80.5 cm³/mol. The van der Waals surface area contributed by atoms with Crippen LogP contribution in [0.1, 0.15) is 36.7 Å². The van der Waals surface area contributed by atoms with Crippen molar-refractivity contribution in [1.29, 1.82) is 0 Å². The Kier molecular flexibility index (Phi) is 4.37. The summed E-state index contributed by atoms with van der Waals surface area (Å²) < 4.78 is 2.03. The Balaban J connectivity index is 2.30. The summed E-state index contributed by atoms with van der Waals surface area (Å²) in [5.41, 5.74) is 10.4. The number of nitrogens with zero attached hydrogens (tertiary/aromatic N) is 3. The Morgan fingerprint density at radius 3 is 2.68 bits per heavy atom. The maximum absolute atomic E-state index is 5.99. The van der Waals surface area contributed by atoms with Crippen LogP contribution >= 0.6 is 11.3 Å². The minimum atomic E-state index is 0.208. The molecule has 1 atom stereocenters. The second-order valence-corrected chi connectivity index (χ2v) is 5.80. The third-order valence-electron chi connectivity index (χ3n) is 3.45. The van der Waals surface area contributed by atoms with Crippen LogP contribution in [0.4, 0.5) is 0 Å². The van der Waals surface area contributed by atoms with Crippen LogP contribution in [-0.2, 0) is 13.0 Å². The van der Waals surface area contributed by atoms with Crippen molar-refractivity contribution in [2.75, 3.05) is 0 Å². The van der Waals surface area contributed by atoms with Gasteiger partial charge in [-0.1, -0.05) is 6.92 Å². The smallest absolute Gasteiger partial charge is 0.0948 e. The molecule has 0 bridgehead atoms. The van der Waals surface area contributed by atoms with E-state index in [4.69, 9.17) is 10.7 Å². The summed E-state index contributed by atoms with van der Waals surface area (Å²) in [6.45, 7) is 9.26. The molecule has 0 saturated heterocycles. The summed E-state index contributed by atoms with van der Waals surface area (Å²) in [5, 5.41) is 7.79. The number of rotatable bonds is 5. The molecule has 1 unspecified atom stereocenters. The van der Waals surface area contributed by atoms with E-state index in [-0.39, 0.29) is 6.04 Å². The van der Waals surface area contributed by atoms with Gasteiger partial charge in [0.2, 0.25) is 0 Å². The quantitative estimate of drug-likeness (QED) is 0.915. The molecular formula is C14H22N4S. The molecule has 0 spiro atoms. The molecule has 0 fully saturated rings. The lowest BCUT2D eigenvalue weighted by Crippen LogP contribution is -2.21. The highest BCUT2D eigenvalue weighted by Crippen LogP contribution is 2.28. The van der Waals surface area contributed by atoms with Crippen molar-refractivity contribution in [3.8, 4) is 11.3 Å². The molecule has 2 aromatic rings. The minimum absolute atomic E-state index is 0.208. The molecule has 2 N–H and O–H groups in total. The van der Waals surface area contributed by atoms with E-state index in [0.29, 0.717) is 0 Å². The fourth-order valence-corrected chi connectivity index (χ4v) is 3.14. The van der Waals surface area contributed by atoms with Crippen molar-refractivity contribution >= 4 is 11.3 Å². The van der Waals surface area contributed by atoms with E-state index in [0.717, 1.165) is 35.8 Å². The van der Waals surface area contributed by atoms with Gasteiger partial charge in [0.05, 0.1) is 16.4 Å². The van der Waals surface area contributed by atoms with Crippen LogP contribution in [0.2, 0.25) is 0 Å². The van der Waals surface area contributed by atoms with Gasteiger partial charge in [0.15, 0.2) is 0 Å². The molecule has 0 amide bonds. The number of aryl methyl sites for hydroxylation is 2. The van der Waals surface area contributed by atoms with Gasteiger partial charge >= 0.3 is 0 Å². The summed E-state index contributed by atoms with van der Waals surface area (Å²) in [6.07, 6.45) is 1.85. The van der Waals surface area contributed by atoms with Gasteiger partial charge in [-0.15, -0.1) is 11.3 Å². The molecule has 2 heterocycles. The maximum atomic E-state index is 5.99. The number of hydrogen-bond donors (Lipinski definition) is 1. The Labute approximate surface area is 118 Å². The van der Waals surface area contributed by atoms with Crippen LogP contribution in [0.5, 0.6) is 0 Å². The van der Waals surface area contributed by atoms with Gasteiger partial charge in [-0.2, -0.15) is 5.10 Å². The molecule has 0 radical (unpaired) electrons. The standard InChI is InChI=1S/C14H22N4S/c1-5-11(15)7-13-16-12(8-19-13)14-9(3)17-18(6-2)10(14)4/h8,11H,5-7,15H2,1-4H3. The summed E-state index contributed by atoms with van der Waals surface area (Å²) in [4.78, 5) is 4.72. The Morgan fingerprint density at radius 1 is 1.37 bits per heavy atom. The second kappa shape index (κ2) is 5.84. The Morgan fingerprint density at radius 2 is 2.11 bits per heavy atom. The van der Waals surface area contributed by atoms with E-state index in [9.17, 15) is 0 Å². The highest BCUT2D eigenvalue weighted by molar-refractivity contribution is 7.09. The van der Waals surface area contributed by atoms with Crippen LogP contribution in [0, 0.1) is 13.8 Å². The number of hydrogen-bond acceptors (Lipinski definition) is 4. The third-order valence-corrected chi connectivity index (χ3v) is 4.32.